The van der Waals surface area contributed by atoms with Crippen LogP contribution < -0.4 is 4.74 Å². The van der Waals surface area contributed by atoms with Crippen LogP contribution in [0.25, 0.3) is 22.2 Å². The zero-order valence-corrected chi connectivity index (χ0v) is 16.5. The Morgan fingerprint density at radius 1 is 0.867 bits per heavy atom. The highest BCUT2D eigenvalue weighted by Crippen LogP contribution is 2.30. The lowest BCUT2D eigenvalue weighted by Crippen LogP contribution is -2.28. The summed E-state index contributed by atoms with van der Waals surface area (Å²) in [7, 11) is 0. The van der Waals surface area contributed by atoms with Gasteiger partial charge in [0.2, 0.25) is 5.78 Å². The first-order valence-corrected chi connectivity index (χ1v) is 9.71. The number of para-hydroxylation sites is 2. The summed E-state index contributed by atoms with van der Waals surface area (Å²) in [5.74, 6) is -0.295. The second-order valence-electron chi connectivity index (χ2n) is 6.89. The lowest BCUT2D eigenvalue weighted by molar-refractivity contribution is -0.149. The van der Waals surface area contributed by atoms with Crippen molar-refractivity contribution in [2.24, 2.45) is 0 Å². The molecule has 0 aliphatic rings. The second-order valence-corrected chi connectivity index (χ2v) is 6.89. The van der Waals surface area contributed by atoms with Gasteiger partial charge in [0.15, 0.2) is 12.7 Å². The van der Waals surface area contributed by atoms with Crippen molar-refractivity contribution >= 4 is 22.7 Å². The largest absolute Gasteiger partial charge is 0.479 e. The Morgan fingerprint density at radius 2 is 1.50 bits per heavy atom. The summed E-state index contributed by atoms with van der Waals surface area (Å²) in [6, 6.07) is 26.2. The number of rotatable bonds is 7. The summed E-state index contributed by atoms with van der Waals surface area (Å²) in [5, 5.41) is 0.797. The van der Waals surface area contributed by atoms with Crippen LogP contribution >= 0.6 is 0 Å². The van der Waals surface area contributed by atoms with Crippen LogP contribution in [0.4, 0.5) is 0 Å². The van der Waals surface area contributed by atoms with Gasteiger partial charge in [-0.25, -0.2) is 4.79 Å². The number of carbonyl (C=O) groups is 2. The number of hydrogen-bond acceptors (Lipinski definition) is 4. The van der Waals surface area contributed by atoms with E-state index in [-0.39, 0.29) is 12.4 Å². The minimum atomic E-state index is -0.822. The summed E-state index contributed by atoms with van der Waals surface area (Å²) in [4.78, 5) is 28.7. The molecule has 0 radical (unpaired) electrons. The first-order chi connectivity index (χ1) is 14.6. The van der Waals surface area contributed by atoms with E-state index in [1.54, 1.807) is 19.1 Å². The zero-order chi connectivity index (χ0) is 20.9. The number of carbonyl (C=O) groups excluding carboxylic acids is 2. The first-order valence-electron chi connectivity index (χ1n) is 9.71. The Kier molecular flexibility index (Phi) is 5.61. The van der Waals surface area contributed by atoms with Crippen molar-refractivity contribution in [1.82, 2.24) is 4.98 Å². The molecule has 4 aromatic rings. The number of aromatic amines is 1. The Labute approximate surface area is 174 Å². The number of H-pyrrole nitrogens is 1. The molecule has 0 bridgehead atoms. The standard InChI is InChI=1S/C25H21NO4/c1-17(30-19-12-6-3-7-13-19)25(28)29-16-22(27)23-20-14-8-9-15-21(20)26-24(23)18-10-4-2-5-11-18/h2-15,17,26H,16H2,1H3/t17-/m1/s1. The average Bonchev–Trinajstić information content (AvgIpc) is 3.18. The fourth-order valence-corrected chi connectivity index (χ4v) is 3.33. The number of nitrogens with one attached hydrogen (secondary N) is 1. The molecule has 1 N–H and O–H groups in total. The van der Waals surface area contributed by atoms with E-state index in [2.05, 4.69) is 4.98 Å². The third kappa shape index (κ3) is 4.10. The number of fused-ring (bicyclic) bond motifs is 1. The second kappa shape index (κ2) is 8.66. The van der Waals surface area contributed by atoms with E-state index < -0.39 is 12.1 Å². The zero-order valence-electron chi connectivity index (χ0n) is 16.5. The Hall–Kier alpha value is -3.86. The minimum absolute atomic E-state index is 0.272. The van der Waals surface area contributed by atoms with Crippen molar-refractivity contribution in [3.8, 4) is 17.0 Å². The highest BCUT2D eigenvalue weighted by molar-refractivity contribution is 6.14. The molecule has 5 heteroatoms. The number of ether oxygens (including phenoxy) is 2. The summed E-state index contributed by atoms with van der Waals surface area (Å²) < 4.78 is 10.8. The number of esters is 1. The van der Waals surface area contributed by atoms with Crippen LogP contribution in [0.15, 0.2) is 84.9 Å². The van der Waals surface area contributed by atoms with Gasteiger partial charge in [0, 0.05) is 10.9 Å². The fraction of sp³-hybridized carbons (Fsp3) is 0.120. The van der Waals surface area contributed by atoms with Gasteiger partial charge in [-0.15, -0.1) is 0 Å². The van der Waals surface area contributed by atoms with Crippen molar-refractivity contribution in [2.75, 3.05) is 6.61 Å². The summed E-state index contributed by atoms with van der Waals surface area (Å²) in [6.07, 6.45) is -0.822. The van der Waals surface area contributed by atoms with E-state index in [0.29, 0.717) is 17.0 Å². The molecule has 0 unspecified atom stereocenters. The van der Waals surface area contributed by atoms with Crippen LogP contribution in [-0.2, 0) is 9.53 Å². The summed E-state index contributed by atoms with van der Waals surface area (Å²) in [5.41, 5.74) is 2.98. The molecule has 0 amide bonds. The van der Waals surface area contributed by atoms with Crippen molar-refractivity contribution in [1.29, 1.82) is 0 Å². The highest BCUT2D eigenvalue weighted by Gasteiger charge is 2.23. The minimum Gasteiger partial charge on any atom is -0.479 e. The van der Waals surface area contributed by atoms with E-state index in [1.807, 2.05) is 72.8 Å². The van der Waals surface area contributed by atoms with Gasteiger partial charge in [-0.2, -0.15) is 0 Å². The SMILES string of the molecule is C[C@@H](Oc1ccccc1)C(=O)OCC(=O)c1c(-c2ccccc2)[nH]c2ccccc12. The van der Waals surface area contributed by atoms with Crippen LogP contribution in [-0.4, -0.2) is 29.4 Å². The van der Waals surface area contributed by atoms with E-state index in [1.165, 1.54) is 0 Å². The molecule has 0 fully saturated rings. The molecule has 3 aromatic carbocycles. The molecule has 4 rings (SSSR count). The number of hydrogen-bond donors (Lipinski definition) is 1. The van der Waals surface area contributed by atoms with E-state index in [9.17, 15) is 9.59 Å². The monoisotopic (exact) mass is 399 g/mol. The van der Waals surface area contributed by atoms with Crippen LogP contribution in [0, 0.1) is 0 Å². The van der Waals surface area contributed by atoms with E-state index >= 15 is 0 Å². The van der Waals surface area contributed by atoms with Crippen molar-refractivity contribution in [3.05, 3.63) is 90.5 Å². The van der Waals surface area contributed by atoms with Gasteiger partial charge < -0.3 is 14.5 Å². The van der Waals surface area contributed by atoms with Gasteiger partial charge >= 0.3 is 5.97 Å². The van der Waals surface area contributed by atoms with Gasteiger partial charge in [-0.05, 0) is 30.7 Å². The third-order valence-corrected chi connectivity index (χ3v) is 4.78. The van der Waals surface area contributed by atoms with Gasteiger partial charge in [-0.3, -0.25) is 4.79 Å². The smallest absolute Gasteiger partial charge is 0.347 e. The maximum Gasteiger partial charge on any atom is 0.347 e. The van der Waals surface area contributed by atoms with E-state index in [0.717, 1.165) is 16.5 Å². The number of ketones is 1. The van der Waals surface area contributed by atoms with Gasteiger partial charge in [-0.1, -0.05) is 66.7 Å². The molecule has 0 aliphatic carbocycles. The van der Waals surface area contributed by atoms with Crippen molar-refractivity contribution in [2.45, 2.75) is 13.0 Å². The molecule has 150 valence electrons. The Bertz CT molecular complexity index is 1170. The van der Waals surface area contributed by atoms with Crippen LogP contribution in [0.5, 0.6) is 5.75 Å². The average molecular weight is 399 g/mol. The lowest BCUT2D eigenvalue weighted by atomic mass is 10.0. The predicted octanol–water partition coefficient (Wildman–Crippen LogP) is 5.03. The highest BCUT2D eigenvalue weighted by atomic mass is 16.6. The molecule has 1 aromatic heterocycles. The lowest BCUT2D eigenvalue weighted by Gasteiger charge is -2.13. The third-order valence-electron chi connectivity index (χ3n) is 4.78. The molecule has 0 aliphatic heterocycles. The van der Waals surface area contributed by atoms with Crippen molar-refractivity contribution in [3.63, 3.8) is 0 Å². The number of Topliss-reactive ketones (excluding diaryl/α,β-unsaturated/α-hetero) is 1. The molecule has 0 saturated carbocycles. The van der Waals surface area contributed by atoms with Crippen LogP contribution in [0.3, 0.4) is 0 Å². The molecule has 1 atom stereocenters. The van der Waals surface area contributed by atoms with Gasteiger partial charge in [0.05, 0.1) is 11.3 Å². The molecule has 0 saturated heterocycles. The van der Waals surface area contributed by atoms with E-state index in [4.69, 9.17) is 9.47 Å². The first kappa shape index (κ1) is 19.5. The summed E-state index contributed by atoms with van der Waals surface area (Å²) >= 11 is 0. The van der Waals surface area contributed by atoms with Crippen LogP contribution in [0.1, 0.15) is 17.3 Å². The maximum absolute atomic E-state index is 13.1. The Balaban J connectivity index is 1.53. The molecule has 0 spiro atoms. The van der Waals surface area contributed by atoms with Gasteiger partial charge in [0.25, 0.3) is 0 Å². The molecular formula is C25H21NO4. The topological polar surface area (TPSA) is 68.4 Å². The molecule has 5 nitrogen and oxygen atoms in total. The normalized spacial score (nSPS) is 11.8. The number of aromatic nitrogens is 1. The number of benzene rings is 3. The molecular weight excluding hydrogens is 378 g/mol. The summed E-state index contributed by atoms with van der Waals surface area (Å²) in [6.45, 7) is 1.24. The quantitative estimate of drug-likeness (QED) is 0.350. The predicted molar refractivity (Wildman–Crippen MR) is 116 cm³/mol. The van der Waals surface area contributed by atoms with Gasteiger partial charge in [0.1, 0.15) is 5.75 Å². The molecule has 30 heavy (non-hydrogen) atoms. The van der Waals surface area contributed by atoms with Crippen LogP contribution in [0.2, 0.25) is 0 Å². The van der Waals surface area contributed by atoms with Crippen molar-refractivity contribution < 1.29 is 19.1 Å². The Morgan fingerprint density at radius 3 is 2.23 bits per heavy atom. The fourth-order valence-electron chi connectivity index (χ4n) is 3.33. The molecule has 1 heterocycles. The maximum atomic E-state index is 13.1.